The highest BCUT2D eigenvalue weighted by molar-refractivity contribution is 6.08. The van der Waals surface area contributed by atoms with Crippen LogP contribution in [-0.2, 0) is 0 Å². The molecule has 6 nitrogen and oxygen atoms in total. The molecule has 35 heavy (non-hydrogen) atoms. The summed E-state index contributed by atoms with van der Waals surface area (Å²) in [6.45, 7) is 0. The molecule has 0 atom stereocenters. The quantitative estimate of drug-likeness (QED) is 0.361. The van der Waals surface area contributed by atoms with Gasteiger partial charge in [-0.2, -0.15) is 15.0 Å². The first kappa shape index (κ1) is 21.7. The number of halogens is 1. The highest BCUT2D eigenvalue weighted by Crippen LogP contribution is 2.30. The van der Waals surface area contributed by atoms with Crippen LogP contribution in [0.3, 0.4) is 0 Å². The molecule has 1 aromatic heterocycles. The van der Waals surface area contributed by atoms with Crippen molar-refractivity contribution in [1.82, 2.24) is 9.78 Å². The maximum absolute atomic E-state index is 13.3. The Hall–Kier alpha value is -5.09. The van der Waals surface area contributed by atoms with E-state index in [4.69, 9.17) is 0 Å². The Bertz CT molecular complexity index is 1710. The SMILES string of the molecule is N#Cc1c(/C=C\c2c3ccccc3cc3ccccc23)c(C(=O)O)nn(-c2ccc(F)cc2)c1=O. The van der Waals surface area contributed by atoms with Gasteiger partial charge in [-0.3, -0.25) is 4.79 Å². The first-order valence-corrected chi connectivity index (χ1v) is 10.6. The van der Waals surface area contributed by atoms with Crippen LogP contribution < -0.4 is 5.56 Å². The van der Waals surface area contributed by atoms with E-state index in [1.54, 1.807) is 6.08 Å². The molecular weight excluding hydrogens is 445 g/mol. The van der Waals surface area contributed by atoms with Gasteiger partial charge in [0.15, 0.2) is 5.69 Å². The van der Waals surface area contributed by atoms with Gasteiger partial charge in [0, 0.05) is 5.56 Å². The number of carbonyl (C=O) groups is 1. The van der Waals surface area contributed by atoms with Gasteiger partial charge in [-0.1, -0.05) is 60.7 Å². The molecule has 0 spiro atoms. The molecule has 0 aliphatic heterocycles. The Morgan fingerprint density at radius 1 is 0.914 bits per heavy atom. The fraction of sp³-hybridized carbons (Fsp3) is 0. The molecule has 0 bridgehead atoms. The van der Waals surface area contributed by atoms with Crippen LogP contribution in [0.5, 0.6) is 0 Å². The average molecular weight is 461 g/mol. The third kappa shape index (κ3) is 3.83. The molecule has 0 aliphatic carbocycles. The van der Waals surface area contributed by atoms with Crippen LogP contribution in [0.2, 0.25) is 0 Å². The van der Waals surface area contributed by atoms with Crippen LogP contribution in [0.4, 0.5) is 4.39 Å². The smallest absolute Gasteiger partial charge is 0.357 e. The molecule has 0 radical (unpaired) electrons. The third-order valence-corrected chi connectivity index (χ3v) is 5.75. The number of hydrogen-bond acceptors (Lipinski definition) is 4. The Kier molecular flexibility index (Phi) is 5.40. The number of hydrogen-bond donors (Lipinski definition) is 1. The van der Waals surface area contributed by atoms with Crippen LogP contribution in [0.15, 0.2) is 83.7 Å². The summed E-state index contributed by atoms with van der Waals surface area (Å²) >= 11 is 0. The van der Waals surface area contributed by atoms with Crippen LogP contribution in [0, 0.1) is 17.1 Å². The van der Waals surface area contributed by atoms with E-state index >= 15 is 0 Å². The van der Waals surface area contributed by atoms with Gasteiger partial charge in [0.2, 0.25) is 0 Å². The van der Waals surface area contributed by atoms with Crippen molar-refractivity contribution in [1.29, 1.82) is 5.26 Å². The normalized spacial score (nSPS) is 11.2. The van der Waals surface area contributed by atoms with E-state index in [0.29, 0.717) is 0 Å². The number of aromatic carboxylic acids is 1. The lowest BCUT2D eigenvalue weighted by molar-refractivity contribution is 0.0688. The van der Waals surface area contributed by atoms with Gasteiger partial charge in [-0.15, -0.1) is 0 Å². The summed E-state index contributed by atoms with van der Waals surface area (Å²) in [6, 6.07) is 24.2. The van der Waals surface area contributed by atoms with Gasteiger partial charge in [0.25, 0.3) is 5.56 Å². The summed E-state index contributed by atoms with van der Waals surface area (Å²) in [5.74, 6) is -1.93. The van der Waals surface area contributed by atoms with Gasteiger partial charge >= 0.3 is 5.97 Å². The minimum Gasteiger partial charge on any atom is -0.476 e. The largest absolute Gasteiger partial charge is 0.476 e. The highest BCUT2D eigenvalue weighted by Gasteiger charge is 2.21. The van der Waals surface area contributed by atoms with E-state index in [0.717, 1.165) is 43.9 Å². The summed E-state index contributed by atoms with van der Waals surface area (Å²) < 4.78 is 14.1. The van der Waals surface area contributed by atoms with Crippen LogP contribution in [-0.4, -0.2) is 20.9 Å². The van der Waals surface area contributed by atoms with Gasteiger partial charge < -0.3 is 5.11 Å². The average Bonchev–Trinajstić information content (AvgIpc) is 2.87. The van der Waals surface area contributed by atoms with Crippen molar-refractivity contribution in [3.05, 3.63) is 117 Å². The topological polar surface area (TPSA) is 96.0 Å². The number of carboxylic acids is 1. The Balaban J connectivity index is 1.76. The van der Waals surface area contributed by atoms with Gasteiger partial charge in [-0.05, 0) is 57.4 Å². The second-order valence-corrected chi connectivity index (χ2v) is 7.81. The van der Waals surface area contributed by atoms with E-state index in [1.807, 2.05) is 54.6 Å². The van der Waals surface area contributed by atoms with Crippen molar-refractivity contribution in [2.75, 3.05) is 0 Å². The molecule has 0 aliphatic rings. The maximum Gasteiger partial charge on any atom is 0.357 e. The number of carboxylic acid groups (broad SMARTS) is 1. The molecule has 7 heteroatoms. The fourth-order valence-electron chi connectivity index (χ4n) is 4.12. The van der Waals surface area contributed by atoms with E-state index < -0.39 is 23.0 Å². The standard InChI is InChI=1S/C28H16FN3O3/c29-19-9-11-20(12-10-19)32-27(33)25(16-30)24(26(31-32)28(34)35)14-13-23-21-7-3-1-5-17(21)15-18-6-2-4-8-22(18)23/h1-15H,(H,34,35)/b14-13-. The molecule has 0 fully saturated rings. The molecule has 1 heterocycles. The molecule has 0 unspecified atom stereocenters. The maximum atomic E-state index is 13.3. The first-order chi connectivity index (χ1) is 17.0. The predicted molar refractivity (Wildman–Crippen MR) is 132 cm³/mol. The van der Waals surface area contributed by atoms with E-state index in [2.05, 4.69) is 11.2 Å². The zero-order valence-electron chi connectivity index (χ0n) is 18.1. The monoisotopic (exact) mass is 461 g/mol. The van der Waals surface area contributed by atoms with Crippen molar-refractivity contribution in [2.24, 2.45) is 0 Å². The second kappa shape index (κ2) is 8.69. The number of fused-ring (bicyclic) bond motifs is 2. The lowest BCUT2D eigenvalue weighted by Crippen LogP contribution is -2.28. The van der Waals surface area contributed by atoms with Gasteiger partial charge in [-0.25, -0.2) is 9.18 Å². The molecule has 0 saturated heterocycles. The van der Waals surface area contributed by atoms with Crippen LogP contribution in [0.1, 0.15) is 27.2 Å². The highest BCUT2D eigenvalue weighted by atomic mass is 19.1. The van der Waals surface area contributed by atoms with Crippen molar-refractivity contribution in [2.45, 2.75) is 0 Å². The minimum atomic E-state index is -1.40. The van der Waals surface area contributed by atoms with Crippen molar-refractivity contribution in [3.63, 3.8) is 0 Å². The molecule has 1 N–H and O–H groups in total. The van der Waals surface area contributed by atoms with Crippen molar-refractivity contribution in [3.8, 4) is 11.8 Å². The van der Waals surface area contributed by atoms with E-state index in [-0.39, 0.29) is 16.8 Å². The molecule has 5 rings (SSSR count). The Morgan fingerprint density at radius 2 is 1.49 bits per heavy atom. The zero-order valence-corrected chi connectivity index (χ0v) is 18.1. The fourth-order valence-corrected chi connectivity index (χ4v) is 4.12. The Labute approximate surface area is 198 Å². The lowest BCUT2D eigenvalue weighted by Gasteiger charge is -2.11. The summed E-state index contributed by atoms with van der Waals surface area (Å²) in [7, 11) is 0. The summed E-state index contributed by atoms with van der Waals surface area (Å²) in [5.41, 5.74) is -0.770. The molecule has 0 amide bonds. The number of benzene rings is 4. The molecule has 4 aromatic carbocycles. The van der Waals surface area contributed by atoms with Crippen molar-refractivity contribution < 1.29 is 14.3 Å². The summed E-state index contributed by atoms with van der Waals surface area (Å²) in [4.78, 5) is 25.2. The van der Waals surface area contributed by atoms with Crippen LogP contribution >= 0.6 is 0 Å². The molecule has 168 valence electrons. The second-order valence-electron chi connectivity index (χ2n) is 7.81. The summed E-state index contributed by atoms with van der Waals surface area (Å²) in [6.07, 6.45) is 3.15. The minimum absolute atomic E-state index is 0.0969. The zero-order chi connectivity index (χ0) is 24.5. The molecule has 5 aromatic rings. The number of nitriles is 1. The first-order valence-electron chi connectivity index (χ1n) is 10.6. The summed E-state index contributed by atoms with van der Waals surface area (Å²) in [5, 5.41) is 27.5. The van der Waals surface area contributed by atoms with Gasteiger partial charge in [0.1, 0.15) is 17.4 Å². The number of rotatable bonds is 4. The van der Waals surface area contributed by atoms with Crippen molar-refractivity contribution >= 4 is 39.7 Å². The third-order valence-electron chi connectivity index (χ3n) is 5.75. The lowest BCUT2D eigenvalue weighted by atomic mass is 9.95. The van der Waals surface area contributed by atoms with E-state index in [1.165, 1.54) is 18.2 Å². The number of aromatic nitrogens is 2. The van der Waals surface area contributed by atoms with E-state index in [9.17, 15) is 24.3 Å². The predicted octanol–water partition coefficient (Wildman–Crippen LogP) is 5.42. The van der Waals surface area contributed by atoms with Gasteiger partial charge in [0.05, 0.1) is 5.69 Å². The molecule has 0 saturated carbocycles. The number of nitrogens with zero attached hydrogens (tertiary/aromatic N) is 3. The van der Waals surface area contributed by atoms with Crippen LogP contribution in [0.25, 0.3) is 39.4 Å². The Morgan fingerprint density at radius 3 is 2.06 bits per heavy atom. The molecular formula is C28H16FN3O3.